The molecule has 3 aromatic rings. The molecule has 1 atom stereocenters. The van der Waals surface area contributed by atoms with Crippen LogP contribution in [0.15, 0.2) is 48.5 Å². The minimum absolute atomic E-state index is 0.265. The summed E-state index contributed by atoms with van der Waals surface area (Å²) in [5.74, 6) is 1.67. The molecule has 0 saturated heterocycles. The maximum atomic E-state index is 12.4. The molecule has 29 heavy (non-hydrogen) atoms. The third-order valence-electron chi connectivity index (χ3n) is 4.58. The molecule has 1 aliphatic rings. The summed E-state index contributed by atoms with van der Waals surface area (Å²) < 4.78 is 11.7. The van der Waals surface area contributed by atoms with Crippen molar-refractivity contribution < 1.29 is 14.3 Å². The fourth-order valence-electron chi connectivity index (χ4n) is 2.97. The van der Waals surface area contributed by atoms with Crippen molar-refractivity contribution in [1.82, 2.24) is 20.6 Å². The Morgan fingerprint density at radius 2 is 2.07 bits per heavy atom. The fraction of sp³-hybridized carbons (Fsp3) is 0.238. The van der Waals surface area contributed by atoms with Gasteiger partial charge in [-0.3, -0.25) is 4.79 Å². The predicted octanol–water partition coefficient (Wildman–Crippen LogP) is 3.49. The van der Waals surface area contributed by atoms with Crippen LogP contribution in [0, 0.1) is 0 Å². The SMILES string of the molecule is CC(C)c1ccc(/C=C/C(=O)Nc2cccc3c2OC(c2nnn[nH]2)CO3)cc1. The van der Waals surface area contributed by atoms with Gasteiger partial charge >= 0.3 is 0 Å². The van der Waals surface area contributed by atoms with Crippen LogP contribution in [-0.2, 0) is 4.79 Å². The topological polar surface area (TPSA) is 102 Å². The number of hydrogen-bond donors (Lipinski definition) is 2. The smallest absolute Gasteiger partial charge is 0.248 e. The molecule has 0 saturated carbocycles. The van der Waals surface area contributed by atoms with Crippen LogP contribution in [-0.4, -0.2) is 33.1 Å². The van der Waals surface area contributed by atoms with Gasteiger partial charge in [0.05, 0.1) is 5.69 Å². The molecule has 1 unspecified atom stereocenters. The third kappa shape index (κ3) is 4.26. The number of nitrogens with one attached hydrogen (secondary N) is 2. The Kier molecular flexibility index (Phi) is 5.24. The Hall–Kier alpha value is -3.68. The molecule has 8 nitrogen and oxygen atoms in total. The zero-order chi connectivity index (χ0) is 20.2. The minimum atomic E-state index is -0.481. The molecule has 1 amide bonds. The first kappa shape index (κ1) is 18.7. The van der Waals surface area contributed by atoms with Crippen LogP contribution in [0.1, 0.15) is 42.8 Å². The van der Waals surface area contributed by atoms with Crippen LogP contribution < -0.4 is 14.8 Å². The van der Waals surface area contributed by atoms with Gasteiger partial charge in [0.15, 0.2) is 23.4 Å². The maximum Gasteiger partial charge on any atom is 0.248 e. The number of tetrazole rings is 1. The van der Waals surface area contributed by atoms with Crippen molar-refractivity contribution in [2.24, 2.45) is 0 Å². The molecule has 1 aliphatic heterocycles. The Labute approximate surface area is 167 Å². The second-order valence-corrected chi connectivity index (χ2v) is 6.98. The fourth-order valence-corrected chi connectivity index (χ4v) is 2.97. The van der Waals surface area contributed by atoms with E-state index in [4.69, 9.17) is 9.47 Å². The maximum absolute atomic E-state index is 12.4. The number of aromatic amines is 1. The first-order valence-corrected chi connectivity index (χ1v) is 9.35. The molecule has 2 heterocycles. The summed E-state index contributed by atoms with van der Waals surface area (Å²) in [6.07, 6.45) is 2.78. The highest BCUT2D eigenvalue weighted by molar-refractivity contribution is 6.03. The summed E-state index contributed by atoms with van der Waals surface area (Å²) in [5, 5.41) is 16.5. The normalized spacial score (nSPS) is 15.6. The van der Waals surface area contributed by atoms with Gasteiger partial charge in [-0.25, -0.2) is 5.10 Å². The first-order chi connectivity index (χ1) is 14.1. The van der Waals surface area contributed by atoms with Crippen molar-refractivity contribution in [2.45, 2.75) is 25.9 Å². The van der Waals surface area contributed by atoms with Gasteiger partial charge in [0, 0.05) is 6.08 Å². The van der Waals surface area contributed by atoms with E-state index in [1.54, 1.807) is 24.3 Å². The van der Waals surface area contributed by atoms with Gasteiger partial charge in [-0.05, 0) is 45.7 Å². The van der Waals surface area contributed by atoms with Gasteiger partial charge in [-0.2, -0.15) is 0 Å². The Morgan fingerprint density at radius 3 is 2.79 bits per heavy atom. The third-order valence-corrected chi connectivity index (χ3v) is 4.58. The molecule has 0 fully saturated rings. The number of nitrogens with zero attached hydrogens (tertiary/aromatic N) is 3. The number of benzene rings is 2. The van der Waals surface area contributed by atoms with Crippen molar-refractivity contribution in [3.8, 4) is 11.5 Å². The van der Waals surface area contributed by atoms with E-state index in [-0.39, 0.29) is 12.5 Å². The molecule has 4 rings (SSSR count). The zero-order valence-electron chi connectivity index (χ0n) is 16.1. The van der Waals surface area contributed by atoms with E-state index in [0.29, 0.717) is 28.9 Å². The minimum Gasteiger partial charge on any atom is -0.485 e. The number of carbonyl (C=O) groups excluding carboxylic acids is 1. The van der Waals surface area contributed by atoms with Crippen LogP contribution in [0.2, 0.25) is 0 Å². The van der Waals surface area contributed by atoms with Crippen molar-refractivity contribution in [3.05, 3.63) is 65.5 Å². The van der Waals surface area contributed by atoms with E-state index in [0.717, 1.165) is 5.56 Å². The molecule has 8 heteroatoms. The van der Waals surface area contributed by atoms with E-state index in [1.807, 2.05) is 12.1 Å². The van der Waals surface area contributed by atoms with Gasteiger partial charge < -0.3 is 14.8 Å². The van der Waals surface area contributed by atoms with Crippen LogP contribution in [0.5, 0.6) is 11.5 Å². The molecule has 2 N–H and O–H groups in total. The number of hydrogen-bond acceptors (Lipinski definition) is 6. The van der Waals surface area contributed by atoms with E-state index in [2.05, 4.69) is 51.9 Å². The molecule has 1 aromatic heterocycles. The predicted molar refractivity (Wildman–Crippen MR) is 108 cm³/mol. The van der Waals surface area contributed by atoms with E-state index in [9.17, 15) is 4.79 Å². The van der Waals surface area contributed by atoms with E-state index >= 15 is 0 Å². The lowest BCUT2D eigenvalue weighted by molar-refractivity contribution is -0.111. The first-order valence-electron chi connectivity index (χ1n) is 9.35. The summed E-state index contributed by atoms with van der Waals surface area (Å²) in [4.78, 5) is 12.4. The molecule has 0 aliphatic carbocycles. The van der Waals surface area contributed by atoms with E-state index < -0.39 is 6.10 Å². The lowest BCUT2D eigenvalue weighted by Crippen LogP contribution is -2.24. The standard InChI is InChI=1S/C21H21N5O3/c1-13(2)15-9-6-14(7-10-15)8-11-19(27)22-16-4-3-5-17-20(16)29-18(12-28-17)21-23-25-26-24-21/h3-11,13,18H,12H2,1-2H3,(H,22,27)(H,23,24,25,26)/b11-8+. The van der Waals surface area contributed by atoms with Crippen molar-refractivity contribution in [2.75, 3.05) is 11.9 Å². The monoisotopic (exact) mass is 391 g/mol. The summed E-state index contributed by atoms with van der Waals surface area (Å²) in [7, 11) is 0. The van der Waals surface area contributed by atoms with Crippen molar-refractivity contribution in [3.63, 3.8) is 0 Å². The number of anilines is 1. The van der Waals surface area contributed by atoms with Crippen molar-refractivity contribution in [1.29, 1.82) is 0 Å². The lowest BCUT2D eigenvalue weighted by Gasteiger charge is -2.26. The van der Waals surface area contributed by atoms with E-state index in [1.165, 1.54) is 11.6 Å². The summed E-state index contributed by atoms with van der Waals surface area (Å²) in [5.41, 5.74) is 2.73. The highest BCUT2D eigenvalue weighted by atomic mass is 16.6. The number of H-pyrrole nitrogens is 1. The Bertz CT molecular complexity index is 1010. The second-order valence-electron chi connectivity index (χ2n) is 6.98. The summed E-state index contributed by atoms with van der Waals surface area (Å²) in [6, 6.07) is 13.5. The molecule has 2 aromatic carbocycles. The highest BCUT2D eigenvalue weighted by Crippen LogP contribution is 2.41. The zero-order valence-corrected chi connectivity index (χ0v) is 16.1. The number of para-hydroxylation sites is 1. The molecule has 0 spiro atoms. The largest absolute Gasteiger partial charge is 0.485 e. The Morgan fingerprint density at radius 1 is 1.24 bits per heavy atom. The van der Waals surface area contributed by atoms with Gasteiger partial charge in [0.1, 0.15) is 6.61 Å². The van der Waals surface area contributed by atoms with Gasteiger partial charge in [0.2, 0.25) is 5.91 Å². The van der Waals surface area contributed by atoms with Gasteiger partial charge in [-0.1, -0.05) is 44.2 Å². The van der Waals surface area contributed by atoms with Gasteiger partial charge in [0.25, 0.3) is 0 Å². The number of ether oxygens (including phenoxy) is 2. The van der Waals surface area contributed by atoms with Crippen molar-refractivity contribution >= 4 is 17.7 Å². The molecule has 148 valence electrons. The number of amides is 1. The number of carbonyl (C=O) groups is 1. The number of fused-ring (bicyclic) bond motifs is 1. The number of aromatic nitrogens is 4. The lowest BCUT2D eigenvalue weighted by atomic mass is 10.0. The average Bonchev–Trinajstić information content (AvgIpc) is 3.27. The van der Waals surface area contributed by atoms with Crippen LogP contribution in [0.4, 0.5) is 5.69 Å². The second kappa shape index (κ2) is 8.14. The average molecular weight is 391 g/mol. The van der Waals surface area contributed by atoms with Gasteiger partial charge in [-0.15, -0.1) is 5.10 Å². The highest BCUT2D eigenvalue weighted by Gasteiger charge is 2.27. The Balaban J connectivity index is 1.46. The number of rotatable bonds is 5. The van der Waals surface area contributed by atoms with Crippen LogP contribution in [0.25, 0.3) is 6.08 Å². The molecule has 0 radical (unpaired) electrons. The molecule has 0 bridgehead atoms. The summed E-state index contributed by atoms with van der Waals surface area (Å²) >= 11 is 0. The quantitative estimate of drug-likeness (QED) is 0.646. The summed E-state index contributed by atoms with van der Waals surface area (Å²) in [6.45, 7) is 4.57. The molecular weight excluding hydrogens is 370 g/mol. The van der Waals surface area contributed by atoms with Crippen LogP contribution >= 0.6 is 0 Å². The van der Waals surface area contributed by atoms with Crippen LogP contribution in [0.3, 0.4) is 0 Å². The molecular formula is C21H21N5O3.